The number of aliphatic hydroxyl groups is 2. The van der Waals surface area contributed by atoms with E-state index >= 15 is 0 Å². The van der Waals surface area contributed by atoms with Gasteiger partial charge >= 0.3 is 0 Å². The molecular formula is C46H48N16O6. The number of likely N-dealkylation sites (N-methyl/N-ethyl adjacent to an activating group) is 2. The Morgan fingerprint density at radius 2 is 0.926 bits per heavy atom. The first-order valence-electron chi connectivity index (χ1n) is 21.7. The zero-order valence-electron chi connectivity index (χ0n) is 38.0. The van der Waals surface area contributed by atoms with E-state index in [9.17, 15) is 19.8 Å². The summed E-state index contributed by atoms with van der Waals surface area (Å²) in [6.45, 7) is 4.91. The van der Waals surface area contributed by atoms with Crippen LogP contribution in [0.1, 0.15) is 61.7 Å². The van der Waals surface area contributed by atoms with Gasteiger partial charge in [-0.1, -0.05) is 22.4 Å². The fourth-order valence-corrected chi connectivity index (χ4v) is 8.08. The normalized spacial score (nSPS) is 18.9. The van der Waals surface area contributed by atoms with Crippen LogP contribution in [0, 0.1) is 0 Å². The lowest BCUT2D eigenvalue weighted by Crippen LogP contribution is -2.35. The molecule has 2 aliphatic heterocycles. The molecule has 8 aromatic rings. The highest BCUT2D eigenvalue weighted by Crippen LogP contribution is 2.36. The van der Waals surface area contributed by atoms with Gasteiger partial charge in [0.05, 0.1) is 57.6 Å². The van der Waals surface area contributed by atoms with Crippen molar-refractivity contribution in [1.82, 2.24) is 69.6 Å². The van der Waals surface area contributed by atoms with Gasteiger partial charge in [-0.3, -0.25) is 19.0 Å². The second-order valence-corrected chi connectivity index (χ2v) is 16.7. The van der Waals surface area contributed by atoms with Crippen molar-refractivity contribution >= 4 is 23.7 Å². The third kappa shape index (κ3) is 8.76. The molecule has 10 heterocycles. The van der Waals surface area contributed by atoms with Gasteiger partial charge in [0.25, 0.3) is 11.8 Å². The molecule has 0 bridgehead atoms. The van der Waals surface area contributed by atoms with Crippen molar-refractivity contribution < 1.29 is 28.8 Å². The molecule has 68 heavy (non-hydrogen) atoms. The lowest BCUT2D eigenvalue weighted by molar-refractivity contribution is -0.145. The van der Waals surface area contributed by atoms with Crippen molar-refractivity contribution in [2.45, 2.75) is 50.0 Å². The summed E-state index contributed by atoms with van der Waals surface area (Å²) in [5, 5.41) is 44.7. The smallest absolute Gasteiger partial charge is 0.262 e. The van der Waals surface area contributed by atoms with Crippen LogP contribution in [0.4, 0.5) is 11.9 Å². The Hall–Kier alpha value is -8.24. The molecule has 4 unspecified atom stereocenters. The number of likely N-dealkylation sites (tertiary alicyclic amines) is 2. The fourth-order valence-electron chi connectivity index (χ4n) is 8.08. The minimum absolute atomic E-state index is 0.0428. The highest BCUT2D eigenvalue weighted by Gasteiger charge is 2.49. The monoisotopic (exact) mass is 920 g/mol. The molecule has 348 valence electrons. The molecule has 0 aliphatic carbocycles. The van der Waals surface area contributed by atoms with E-state index in [2.05, 4.69) is 61.0 Å². The van der Waals surface area contributed by atoms with Gasteiger partial charge in [0.15, 0.2) is 11.5 Å². The highest BCUT2D eigenvalue weighted by molar-refractivity contribution is 5.88. The Kier molecular flexibility index (Phi) is 12.0. The number of pyridine rings is 2. The number of hydrogen-bond acceptors (Lipinski definition) is 18. The maximum atomic E-state index is 12.4. The molecule has 2 aliphatic rings. The predicted molar refractivity (Wildman–Crippen MR) is 244 cm³/mol. The Labute approximate surface area is 389 Å². The Morgan fingerprint density at radius 1 is 0.544 bits per heavy atom. The standard InChI is InChI=1S/2C23H24N8O3/c2*1-14(19-8-11-25-31(19)3)26-22-24-10-7-17(28-22)15-5-4-6-16(27-15)18-13-20(34-29-18)23(33)9-12-30(2)21(23)32/h2*4-8,10-11,13-14,33H,9,12H2,1-3H3,(H,24,26,28). The predicted octanol–water partition coefficient (Wildman–Crippen LogP) is 4.30. The summed E-state index contributed by atoms with van der Waals surface area (Å²) in [5.41, 5.74) is 3.02. The van der Waals surface area contributed by atoms with Crippen molar-refractivity contribution in [3.8, 4) is 45.6 Å². The number of aromatic nitrogens is 12. The molecule has 0 saturated carbocycles. The minimum atomic E-state index is -1.70. The summed E-state index contributed by atoms with van der Waals surface area (Å²) in [7, 11) is 7.06. The largest absolute Gasteiger partial charge is 0.373 e. The van der Waals surface area contributed by atoms with Gasteiger partial charge in [0, 0.05) is 91.0 Å². The molecule has 22 nitrogen and oxygen atoms in total. The molecule has 2 fully saturated rings. The zero-order valence-corrected chi connectivity index (χ0v) is 38.0. The Morgan fingerprint density at radius 3 is 1.28 bits per heavy atom. The van der Waals surface area contributed by atoms with Crippen LogP contribution >= 0.6 is 0 Å². The first kappa shape index (κ1) is 44.9. The van der Waals surface area contributed by atoms with E-state index in [0.717, 1.165) is 11.4 Å². The minimum Gasteiger partial charge on any atom is -0.373 e. The lowest BCUT2D eigenvalue weighted by Gasteiger charge is -2.16. The molecule has 8 aromatic heterocycles. The van der Waals surface area contributed by atoms with E-state index in [0.29, 0.717) is 70.5 Å². The van der Waals surface area contributed by atoms with Crippen LogP contribution in [0.3, 0.4) is 0 Å². The summed E-state index contributed by atoms with van der Waals surface area (Å²) < 4.78 is 14.3. The number of rotatable bonds is 12. The van der Waals surface area contributed by atoms with Crippen molar-refractivity contribution in [3.63, 3.8) is 0 Å². The molecular weight excluding hydrogens is 873 g/mol. The molecule has 0 radical (unpaired) electrons. The maximum absolute atomic E-state index is 12.4. The summed E-state index contributed by atoms with van der Waals surface area (Å²) in [4.78, 5) is 54.8. The molecule has 4 N–H and O–H groups in total. The average Bonchev–Trinajstić information content (AvgIpc) is 4.24. The lowest BCUT2D eigenvalue weighted by atomic mass is 9.98. The number of amides is 2. The molecule has 2 saturated heterocycles. The van der Waals surface area contributed by atoms with Crippen molar-refractivity contribution in [3.05, 3.63) is 120 Å². The molecule has 2 amide bonds. The van der Waals surface area contributed by atoms with Gasteiger partial charge in [-0.25, -0.2) is 29.9 Å². The molecule has 4 atom stereocenters. The number of carbonyl (C=O) groups excluding carboxylic acids is 2. The first-order valence-corrected chi connectivity index (χ1v) is 21.7. The SMILES string of the molecule is CC(Nc1nccc(-c2cccc(-c3cc(C4(O)CCN(C)C4=O)on3)n2)n1)c1ccnn1C.CC(Nc1nccc(-c2cccc(-c3cc(C4(O)CCN(C)C4=O)on3)n2)n1)c1ccnn1C. The third-order valence-electron chi connectivity index (χ3n) is 12.0. The number of hydrogen-bond donors (Lipinski definition) is 4. The third-order valence-corrected chi connectivity index (χ3v) is 12.0. The van der Waals surface area contributed by atoms with E-state index < -0.39 is 23.0 Å². The van der Waals surface area contributed by atoms with E-state index in [4.69, 9.17) is 9.05 Å². The van der Waals surface area contributed by atoms with E-state index in [1.165, 1.54) is 9.80 Å². The van der Waals surface area contributed by atoms with Crippen LogP contribution in [-0.4, -0.2) is 119 Å². The number of anilines is 2. The summed E-state index contributed by atoms with van der Waals surface area (Å²) in [5.74, 6) is 0.349. The van der Waals surface area contributed by atoms with Gasteiger partial charge in [-0.05, 0) is 62.4 Å². The summed E-state index contributed by atoms with van der Waals surface area (Å²) in [6.07, 6.45) is 7.32. The second-order valence-electron chi connectivity index (χ2n) is 16.7. The highest BCUT2D eigenvalue weighted by atomic mass is 16.5. The first-order chi connectivity index (χ1) is 32.7. The molecule has 10 rings (SSSR count). The van der Waals surface area contributed by atoms with Gasteiger partial charge < -0.3 is 39.7 Å². The van der Waals surface area contributed by atoms with E-state index in [1.54, 1.807) is 84.6 Å². The van der Waals surface area contributed by atoms with Crippen molar-refractivity contribution in [1.29, 1.82) is 0 Å². The van der Waals surface area contributed by atoms with Gasteiger partial charge in [0.2, 0.25) is 23.1 Å². The molecule has 0 spiro atoms. The number of aryl methyl sites for hydroxylation is 2. The average molecular weight is 921 g/mol. The van der Waals surface area contributed by atoms with Crippen LogP contribution in [0.15, 0.2) is 107 Å². The Balaban J connectivity index is 0.000000170. The van der Waals surface area contributed by atoms with Gasteiger partial charge in [0.1, 0.15) is 11.4 Å². The Bertz CT molecular complexity index is 2900. The molecule has 22 heteroatoms. The number of nitrogens with zero attached hydrogens (tertiary/aromatic N) is 14. The fraction of sp³-hybridized carbons (Fsp3) is 0.304. The maximum Gasteiger partial charge on any atom is 0.262 e. The zero-order chi connectivity index (χ0) is 47.7. The van der Waals surface area contributed by atoms with Crippen LogP contribution in [0.25, 0.3) is 45.6 Å². The molecule has 0 aromatic carbocycles. The number of carbonyl (C=O) groups is 2. The van der Waals surface area contributed by atoms with Gasteiger partial charge in [-0.15, -0.1) is 0 Å². The van der Waals surface area contributed by atoms with Crippen LogP contribution in [-0.2, 0) is 34.9 Å². The second kappa shape index (κ2) is 18.2. The summed E-state index contributed by atoms with van der Waals surface area (Å²) in [6, 6.07) is 21.4. The van der Waals surface area contributed by atoms with Crippen molar-refractivity contribution in [2.24, 2.45) is 14.1 Å². The summed E-state index contributed by atoms with van der Waals surface area (Å²) >= 11 is 0. The van der Waals surface area contributed by atoms with Crippen LogP contribution in [0.5, 0.6) is 0 Å². The van der Waals surface area contributed by atoms with Crippen LogP contribution < -0.4 is 10.6 Å². The quantitative estimate of drug-likeness (QED) is 0.133. The topological polar surface area (TPSA) is 270 Å². The van der Waals surface area contributed by atoms with Gasteiger partial charge in [-0.2, -0.15) is 10.2 Å². The van der Waals surface area contributed by atoms with Crippen LogP contribution in [0.2, 0.25) is 0 Å². The van der Waals surface area contributed by atoms with E-state index in [1.807, 2.05) is 64.3 Å². The number of nitrogens with one attached hydrogen (secondary N) is 2. The van der Waals surface area contributed by atoms with E-state index in [-0.39, 0.29) is 36.4 Å². The van der Waals surface area contributed by atoms with Crippen molar-refractivity contribution in [2.75, 3.05) is 37.8 Å².